The third-order valence-corrected chi connectivity index (χ3v) is 5.71. The lowest BCUT2D eigenvalue weighted by Gasteiger charge is -2.12. The molecule has 0 bridgehead atoms. The number of ether oxygens (including phenoxy) is 1. The van der Waals surface area contributed by atoms with Gasteiger partial charge in [0.05, 0.1) is 13.2 Å². The van der Waals surface area contributed by atoms with Crippen LogP contribution in [-0.4, -0.2) is 29.8 Å². The first-order chi connectivity index (χ1) is 13.0. The first kappa shape index (κ1) is 19.5. The zero-order valence-corrected chi connectivity index (χ0v) is 17.1. The fraction of sp³-hybridized carbons (Fsp3) is 0.222. The topological polar surface area (TPSA) is 86.1 Å². The van der Waals surface area contributed by atoms with Crippen LogP contribution in [0.15, 0.2) is 64.5 Å². The number of nitrogens with zero attached hydrogens (tertiary/aromatic N) is 3. The molecule has 0 atom stereocenters. The van der Waals surface area contributed by atoms with Crippen molar-refractivity contribution in [2.45, 2.75) is 24.9 Å². The van der Waals surface area contributed by atoms with E-state index in [0.29, 0.717) is 23.4 Å². The van der Waals surface area contributed by atoms with Crippen LogP contribution >= 0.6 is 15.9 Å². The van der Waals surface area contributed by atoms with Gasteiger partial charge in [0, 0.05) is 11.0 Å². The smallest absolute Gasteiger partial charge is 0.244 e. The highest BCUT2D eigenvalue weighted by Gasteiger charge is 2.20. The van der Waals surface area contributed by atoms with Gasteiger partial charge in [-0.3, -0.25) is 0 Å². The predicted octanol–water partition coefficient (Wildman–Crippen LogP) is 2.97. The summed E-state index contributed by atoms with van der Waals surface area (Å²) >= 11 is 3.31. The maximum Gasteiger partial charge on any atom is 0.244 e. The van der Waals surface area contributed by atoms with Crippen LogP contribution in [0.5, 0.6) is 5.75 Å². The molecule has 0 spiro atoms. The van der Waals surface area contributed by atoms with Crippen molar-refractivity contribution < 1.29 is 13.2 Å². The molecule has 2 aromatic carbocycles. The Hall–Kier alpha value is -2.23. The van der Waals surface area contributed by atoms with E-state index in [0.717, 1.165) is 11.1 Å². The van der Waals surface area contributed by atoms with Crippen molar-refractivity contribution in [2.75, 3.05) is 6.61 Å². The summed E-state index contributed by atoms with van der Waals surface area (Å²) in [6.07, 6.45) is 3.14. The largest absolute Gasteiger partial charge is 0.492 e. The minimum absolute atomic E-state index is 0.113. The number of halogens is 1. The number of benzene rings is 2. The van der Waals surface area contributed by atoms with Gasteiger partial charge in [0.25, 0.3) is 0 Å². The molecule has 1 aromatic heterocycles. The lowest BCUT2D eigenvalue weighted by Crippen LogP contribution is -2.24. The van der Waals surface area contributed by atoms with E-state index in [1.807, 2.05) is 31.2 Å². The molecule has 0 aliphatic rings. The second-order valence-electron chi connectivity index (χ2n) is 5.76. The number of rotatable bonds is 8. The standard InChI is InChI=1S/C18H19BrN4O3S/c1-2-26-17-8-7-16(19)9-18(17)27(24,25)22-10-14-3-5-15(6-4-14)11-23-13-20-12-21-23/h3-9,12-13,22H,2,10-11H2,1H3. The molecule has 0 aliphatic carbocycles. The van der Waals surface area contributed by atoms with Crippen LogP contribution in [-0.2, 0) is 23.1 Å². The fourth-order valence-corrected chi connectivity index (χ4v) is 4.19. The van der Waals surface area contributed by atoms with Gasteiger partial charge < -0.3 is 4.74 Å². The summed E-state index contributed by atoms with van der Waals surface area (Å²) in [4.78, 5) is 4.02. The van der Waals surface area contributed by atoms with E-state index in [4.69, 9.17) is 4.74 Å². The Bertz CT molecular complexity index is 990. The highest BCUT2D eigenvalue weighted by atomic mass is 79.9. The van der Waals surface area contributed by atoms with E-state index in [9.17, 15) is 8.42 Å². The first-order valence-corrected chi connectivity index (χ1v) is 10.6. The van der Waals surface area contributed by atoms with Crippen LogP contribution in [0.25, 0.3) is 0 Å². The van der Waals surface area contributed by atoms with E-state index in [1.54, 1.807) is 23.1 Å². The molecule has 27 heavy (non-hydrogen) atoms. The van der Waals surface area contributed by atoms with E-state index >= 15 is 0 Å². The average molecular weight is 451 g/mol. The molecule has 0 radical (unpaired) electrons. The summed E-state index contributed by atoms with van der Waals surface area (Å²) in [7, 11) is -3.71. The van der Waals surface area contributed by atoms with Crippen molar-refractivity contribution in [1.29, 1.82) is 0 Å². The molecule has 9 heteroatoms. The van der Waals surface area contributed by atoms with Crippen LogP contribution < -0.4 is 9.46 Å². The van der Waals surface area contributed by atoms with Gasteiger partial charge in [0.1, 0.15) is 23.3 Å². The Morgan fingerprint density at radius 1 is 1.15 bits per heavy atom. The molecule has 0 unspecified atom stereocenters. The third-order valence-electron chi connectivity index (χ3n) is 3.80. The zero-order chi connectivity index (χ0) is 19.3. The molecule has 3 rings (SSSR count). The minimum atomic E-state index is -3.71. The number of aromatic nitrogens is 3. The van der Waals surface area contributed by atoms with Gasteiger partial charge in [0.15, 0.2) is 0 Å². The van der Waals surface area contributed by atoms with Crippen LogP contribution in [0.4, 0.5) is 0 Å². The normalized spacial score (nSPS) is 11.5. The summed E-state index contributed by atoms with van der Waals surface area (Å²) in [5.41, 5.74) is 1.91. The lowest BCUT2D eigenvalue weighted by atomic mass is 10.1. The summed E-state index contributed by atoms with van der Waals surface area (Å²) in [5.74, 6) is 0.330. The number of sulfonamides is 1. The van der Waals surface area contributed by atoms with Crippen molar-refractivity contribution in [1.82, 2.24) is 19.5 Å². The SMILES string of the molecule is CCOc1ccc(Br)cc1S(=O)(=O)NCc1ccc(Cn2cncn2)cc1. The molecule has 0 fully saturated rings. The number of nitrogens with one attached hydrogen (secondary N) is 1. The Morgan fingerprint density at radius 3 is 2.56 bits per heavy atom. The molecular weight excluding hydrogens is 432 g/mol. The highest BCUT2D eigenvalue weighted by Crippen LogP contribution is 2.27. The van der Waals surface area contributed by atoms with E-state index in [1.165, 1.54) is 12.4 Å². The third kappa shape index (κ3) is 5.15. The van der Waals surface area contributed by atoms with Gasteiger partial charge >= 0.3 is 0 Å². The second kappa shape index (κ2) is 8.64. The molecule has 1 N–H and O–H groups in total. The van der Waals surface area contributed by atoms with E-state index in [2.05, 4.69) is 30.7 Å². The second-order valence-corrected chi connectivity index (χ2v) is 8.41. The van der Waals surface area contributed by atoms with Crippen LogP contribution in [0.1, 0.15) is 18.1 Å². The summed E-state index contributed by atoms with van der Waals surface area (Å²) < 4.78 is 35.9. The molecule has 142 valence electrons. The zero-order valence-electron chi connectivity index (χ0n) is 14.7. The number of hydrogen-bond acceptors (Lipinski definition) is 5. The quantitative estimate of drug-likeness (QED) is 0.569. The van der Waals surface area contributed by atoms with Gasteiger partial charge in [-0.2, -0.15) is 5.10 Å². The van der Waals surface area contributed by atoms with Crippen molar-refractivity contribution in [3.8, 4) is 5.75 Å². The molecule has 1 heterocycles. The van der Waals surface area contributed by atoms with Crippen LogP contribution in [0.3, 0.4) is 0 Å². The van der Waals surface area contributed by atoms with Gasteiger partial charge in [-0.15, -0.1) is 0 Å². The summed E-state index contributed by atoms with van der Waals surface area (Å²) in [6.45, 7) is 3.00. The van der Waals surface area contributed by atoms with Crippen molar-refractivity contribution >= 4 is 26.0 Å². The Kier molecular flexibility index (Phi) is 6.25. The molecular formula is C18H19BrN4O3S. The Labute approximate surface area is 166 Å². The monoisotopic (exact) mass is 450 g/mol. The van der Waals surface area contributed by atoms with Gasteiger partial charge in [-0.1, -0.05) is 40.2 Å². The van der Waals surface area contributed by atoms with E-state index in [-0.39, 0.29) is 11.4 Å². The van der Waals surface area contributed by atoms with Crippen LogP contribution in [0.2, 0.25) is 0 Å². The molecule has 3 aromatic rings. The Morgan fingerprint density at radius 2 is 1.89 bits per heavy atom. The number of hydrogen-bond donors (Lipinski definition) is 1. The maximum atomic E-state index is 12.7. The van der Waals surface area contributed by atoms with Gasteiger partial charge in [-0.05, 0) is 36.2 Å². The first-order valence-electron chi connectivity index (χ1n) is 8.30. The molecule has 0 amide bonds. The minimum Gasteiger partial charge on any atom is -0.492 e. The fourth-order valence-electron chi connectivity index (χ4n) is 2.49. The van der Waals surface area contributed by atoms with Crippen LogP contribution in [0, 0.1) is 0 Å². The molecule has 0 aliphatic heterocycles. The maximum absolute atomic E-state index is 12.7. The van der Waals surface area contributed by atoms with Crippen molar-refractivity contribution in [2.24, 2.45) is 0 Å². The summed E-state index contributed by atoms with van der Waals surface area (Å²) in [5, 5.41) is 4.06. The highest BCUT2D eigenvalue weighted by molar-refractivity contribution is 9.10. The lowest BCUT2D eigenvalue weighted by molar-refractivity contribution is 0.331. The molecule has 7 nitrogen and oxygen atoms in total. The Balaban J connectivity index is 1.69. The average Bonchev–Trinajstić information content (AvgIpc) is 3.16. The van der Waals surface area contributed by atoms with Crippen molar-refractivity contribution in [3.63, 3.8) is 0 Å². The molecule has 0 saturated heterocycles. The van der Waals surface area contributed by atoms with Crippen molar-refractivity contribution in [3.05, 3.63) is 70.7 Å². The summed E-state index contributed by atoms with van der Waals surface area (Å²) in [6, 6.07) is 12.6. The van der Waals surface area contributed by atoms with E-state index < -0.39 is 10.0 Å². The van der Waals surface area contributed by atoms with Gasteiger partial charge in [-0.25, -0.2) is 22.8 Å². The predicted molar refractivity (Wildman–Crippen MR) is 105 cm³/mol. The van der Waals surface area contributed by atoms with Gasteiger partial charge in [0.2, 0.25) is 10.0 Å². The molecule has 0 saturated carbocycles.